The summed E-state index contributed by atoms with van der Waals surface area (Å²) in [7, 11) is 0. The molecule has 0 aromatic carbocycles. The number of nitriles is 1. The number of pyridine rings is 1. The minimum Gasteiger partial charge on any atom is -0.480 e. The molecule has 0 spiro atoms. The average Bonchev–Trinajstić information content (AvgIpc) is 2.25. The normalized spacial score (nSPS) is 11.9. The van der Waals surface area contributed by atoms with Gasteiger partial charge >= 0.3 is 5.97 Å². The molecule has 1 heterocycles. The Morgan fingerprint density at radius 3 is 2.62 bits per heavy atom. The number of anilines is 1. The van der Waals surface area contributed by atoms with Crippen molar-refractivity contribution in [3.63, 3.8) is 0 Å². The van der Waals surface area contributed by atoms with Crippen LogP contribution < -0.4 is 5.32 Å². The van der Waals surface area contributed by atoms with Gasteiger partial charge in [-0.05, 0) is 18.1 Å². The number of aliphatic carboxylic acids is 1. The second kappa shape index (κ2) is 5.12. The van der Waals surface area contributed by atoms with E-state index in [1.165, 1.54) is 6.20 Å². The minimum atomic E-state index is -0.916. The second-order valence-electron chi connectivity index (χ2n) is 3.75. The fraction of sp³-hybridized carbons (Fsp3) is 0.364. The van der Waals surface area contributed by atoms with Crippen molar-refractivity contribution in [2.45, 2.75) is 19.9 Å². The summed E-state index contributed by atoms with van der Waals surface area (Å²) in [6.45, 7) is 3.63. The number of hydrogen-bond acceptors (Lipinski definition) is 4. The van der Waals surface area contributed by atoms with Crippen molar-refractivity contribution in [1.82, 2.24) is 4.98 Å². The predicted molar refractivity (Wildman–Crippen MR) is 58.8 cm³/mol. The van der Waals surface area contributed by atoms with Gasteiger partial charge in [-0.3, -0.25) is 0 Å². The van der Waals surface area contributed by atoms with E-state index in [1.807, 2.05) is 19.9 Å². The van der Waals surface area contributed by atoms with Gasteiger partial charge in [0.25, 0.3) is 0 Å². The van der Waals surface area contributed by atoms with Gasteiger partial charge in [-0.15, -0.1) is 0 Å². The number of carbonyl (C=O) groups is 1. The first-order valence-corrected chi connectivity index (χ1v) is 4.90. The molecule has 0 fully saturated rings. The Kier molecular flexibility index (Phi) is 3.84. The zero-order chi connectivity index (χ0) is 12.1. The summed E-state index contributed by atoms with van der Waals surface area (Å²) < 4.78 is 0. The fourth-order valence-electron chi connectivity index (χ4n) is 1.22. The van der Waals surface area contributed by atoms with Gasteiger partial charge in [0.2, 0.25) is 0 Å². The highest BCUT2D eigenvalue weighted by Crippen LogP contribution is 2.11. The Morgan fingerprint density at radius 1 is 1.56 bits per heavy atom. The van der Waals surface area contributed by atoms with Gasteiger partial charge in [0, 0.05) is 6.20 Å². The molecule has 5 heteroatoms. The smallest absolute Gasteiger partial charge is 0.326 e. The molecule has 0 amide bonds. The highest BCUT2D eigenvalue weighted by molar-refractivity contribution is 5.77. The maximum atomic E-state index is 10.9. The van der Waals surface area contributed by atoms with E-state index in [4.69, 9.17) is 10.4 Å². The molecule has 1 atom stereocenters. The van der Waals surface area contributed by atoms with Crippen molar-refractivity contribution in [3.8, 4) is 6.07 Å². The Labute approximate surface area is 93.7 Å². The molecule has 1 aromatic heterocycles. The molecule has 84 valence electrons. The van der Waals surface area contributed by atoms with Crippen molar-refractivity contribution in [1.29, 1.82) is 5.26 Å². The van der Waals surface area contributed by atoms with Crippen LogP contribution in [0.2, 0.25) is 0 Å². The topological polar surface area (TPSA) is 86.0 Å². The Bertz CT molecular complexity index is 406. The SMILES string of the molecule is CC(C)[C@H](Nc1ccc(C#N)cn1)C(=O)O. The van der Waals surface area contributed by atoms with Crippen molar-refractivity contribution < 1.29 is 9.90 Å². The van der Waals surface area contributed by atoms with E-state index in [9.17, 15) is 4.79 Å². The standard InChI is InChI=1S/C11H13N3O2/c1-7(2)10(11(15)16)14-9-4-3-8(5-12)6-13-9/h3-4,6-7,10H,1-2H3,(H,13,14)(H,15,16)/t10-/m0/s1. The van der Waals surface area contributed by atoms with Crippen LogP contribution in [0.25, 0.3) is 0 Å². The molecule has 0 radical (unpaired) electrons. The zero-order valence-electron chi connectivity index (χ0n) is 9.14. The minimum absolute atomic E-state index is 0.0463. The Hall–Kier alpha value is -2.09. The maximum Gasteiger partial charge on any atom is 0.326 e. The molecule has 0 aliphatic carbocycles. The lowest BCUT2D eigenvalue weighted by molar-refractivity contribution is -0.138. The molecular formula is C11H13N3O2. The molecule has 0 aliphatic heterocycles. The second-order valence-corrected chi connectivity index (χ2v) is 3.75. The molecule has 0 saturated carbocycles. The first-order chi connectivity index (χ1) is 7.54. The molecule has 1 aromatic rings. The zero-order valence-corrected chi connectivity index (χ0v) is 9.14. The monoisotopic (exact) mass is 219 g/mol. The number of rotatable bonds is 4. The van der Waals surface area contributed by atoms with Crippen LogP contribution in [0.3, 0.4) is 0 Å². The van der Waals surface area contributed by atoms with Crippen molar-refractivity contribution in [2.24, 2.45) is 5.92 Å². The molecular weight excluding hydrogens is 206 g/mol. The number of aromatic nitrogens is 1. The van der Waals surface area contributed by atoms with Crippen LogP contribution in [0.5, 0.6) is 0 Å². The van der Waals surface area contributed by atoms with Crippen LogP contribution >= 0.6 is 0 Å². The average molecular weight is 219 g/mol. The summed E-state index contributed by atoms with van der Waals surface area (Å²) in [4.78, 5) is 14.9. The van der Waals surface area contributed by atoms with Crippen molar-refractivity contribution >= 4 is 11.8 Å². The highest BCUT2D eigenvalue weighted by Gasteiger charge is 2.21. The van der Waals surface area contributed by atoms with Crippen LogP contribution in [0.4, 0.5) is 5.82 Å². The molecule has 0 aliphatic rings. The van der Waals surface area contributed by atoms with Gasteiger partial charge in [0.15, 0.2) is 0 Å². The van der Waals surface area contributed by atoms with Gasteiger partial charge in [-0.2, -0.15) is 5.26 Å². The van der Waals surface area contributed by atoms with Crippen LogP contribution in [0, 0.1) is 17.2 Å². The number of carboxylic acids is 1. The summed E-state index contributed by atoms with van der Waals surface area (Å²) in [6, 6.07) is 4.45. The third-order valence-electron chi connectivity index (χ3n) is 2.13. The van der Waals surface area contributed by atoms with Gasteiger partial charge in [0.05, 0.1) is 5.56 Å². The molecule has 5 nitrogen and oxygen atoms in total. The van der Waals surface area contributed by atoms with E-state index in [0.717, 1.165) is 0 Å². The van der Waals surface area contributed by atoms with Crippen LogP contribution in [-0.2, 0) is 4.79 Å². The Morgan fingerprint density at radius 2 is 2.25 bits per heavy atom. The van der Waals surface area contributed by atoms with Crippen molar-refractivity contribution in [2.75, 3.05) is 5.32 Å². The summed E-state index contributed by atoms with van der Waals surface area (Å²) in [5, 5.41) is 20.4. The number of nitrogens with zero attached hydrogens (tertiary/aromatic N) is 2. The van der Waals surface area contributed by atoms with Gasteiger partial charge in [0.1, 0.15) is 17.9 Å². The summed E-state index contributed by atoms with van der Waals surface area (Å²) in [5.41, 5.74) is 0.446. The van der Waals surface area contributed by atoms with E-state index in [1.54, 1.807) is 12.1 Å². The first-order valence-electron chi connectivity index (χ1n) is 4.90. The van der Waals surface area contributed by atoms with Crippen LogP contribution in [-0.4, -0.2) is 22.1 Å². The highest BCUT2D eigenvalue weighted by atomic mass is 16.4. The van der Waals surface area contributed by atoms with Crippen LogP contribution in [0.1, 0.15) is 19.4 Å². The first kappa shape index (κ1) is 12.0. The molecule has 16 heavy (non-hydrogen) atoms. The molecule has 0 saturated heterocycles. The lowest BCUT2D eigenvalue weighted by Gasteiger charge is -2.18. The molecule has 1 rings (SSSR count). The summed E-state index contributed by atoms with van der Waals surface area (Å²) >= 11 is 0. The maximum absolute atomic E-state index is 10.9. The van der Waals surface area contributed by atoms with Crippen LogP contribution in [0.15, 0.2) is 18.3 Å². The molecule has 2 N–H and O–H groups in total. The van der Waals surface area contributed by atoms with E-state index in [2.05, 4.69) is 10.3 Å². The largest absolute Gasteiger partial charge is 0.480 e. The fourth-order valence-corrected chi connectivity index (χ4v) is 1.22. The summed E-state index contributed by atoms with van der Waals surface area (Å²) in [5.74, 6) is -0.504. The number of carboxylic acid groups (broad SMARTS) is 1. The van der Waals surface area contributed by atoms with E-state index < -0.39 is 12.0 Å². The van der Waals surface area contributed by atoms with E-state index in [-0.39, 0.29) is 5.92 Å². The van der Waals surface area contributed by atoms with Gasteiger partial charge in [-0.25, -0.2) is 9.78 Å². The lowest BCUT2D eigenvalue weighted by atomic mass is 10.1. The van der Waals surface area contributed by atoms with Crippen molar-refractivity contribution in [3.05, 3.63) is 23.9 Å². The molecule has 0 unspecified atom stereocenters. The van der Waals surface area contributed by atoms with E-state index in [0.29, 0.717) is 11.4 Å². The number of nitrogens with one attached hydrogen (secondary N) is 1. The lowest BCUT2D eigenvalue weighted by Crippen LogP contribution is -2.34. The van der Waals surface area contributed by atoms with Gasteiger partial charge in [-0.1, -0.05) is 13.8 Å². The third kappa shape index (κ3) is 2.95. The summed E-state index contributed by atoms with van der Waals surface area (Å²) in [6.07, 6.45) is 1.40. The van der Waals surface area contributed by atoms with Gasteiger partial charge < -0.3 is 10.4 Å². The van der Waals surface area contributed by atoms with E-state index >= 15 is 0 Å². The Balaban J connectivity index is 2.78. The number of hydrogen-bond donors (Lipinski definition) is 2. The predicted octanol–water partition coefficient (Wildman–Crippen LogP) is 1.47. The third-order valence-corrected chi connectivity index (χ3v) is 2.13. The molecule has 0 bridgehead atoms. The quantitative estimate of drug-likeness (QED) is 0.800.